The van der Waals surface area contributed by atoms with Crippen molar-refractivity contribution in [1.29, 1.82) is 0 Å². The molecule has 0 bridgehead atoms. The maximum atomic E-state index is 13.2. The maximum Gasteiger partial charge on any atom is 0.274 e. The Morgan fingerprint density at radius 1 is 1.27 bits per heavy atom. The Labute approximate surface area is 173 Å². The zero-order valence-corrected chi connectivity index (χ0v) is 17.0. The number of carbonyl (C=O) groups is 1. The van der Waals surface area contributed by atoms with Crippen LogP contribution in [0.25, 0.3) is 11.5 Å². The van der Waals surface area contributed by atoms with Crippen LogP contribution in [-0.2, 0) is 17.2 Å². The molecule has 0 aliphatic carbocycles. The van der Waals surface area contributed by atoms with Gasteiger partial charge in [0.2, 0.25) is 0 Å². The highest BCUT2D eigenvalue weighted by Crippen LogP contribution is 2.38. The van der Waals surface area contributed by atoms with E-state index >= 15 is 0 Å². The molecule has 2 aromatic heterocycles. The first-order chi connectivity index (χ1) is 14.5. The van der Waals surface area contributed by atoms with Crippen LogP contribution in [0.15, 0.2) is 41.3 Å². The minimum Gasteiger partial charge on any atom is -0.385 e. The van der Waals surface area contributed by atoms with Crippen molar-refractivity contribution < 1.29 is 18.4 Å². The molecule has 9 heteroatoms. The summed E-state index contributed by atoms with van der Waals surface area (Å²) in [4.78, 5) is 23.3. The van der Waals surface area contributed by atoms with E-state index in [9.17, 15) is 9.18 Å². The van der Waals surface area contributed by atoms with Gasteiger partial charge in [-0.15, -0.1) is 0 Å². The van der Waals surface area contributed by atoms with Gasteiger partial charge in [-0.25, -0.2) is 9.37 Å². The van der Waals surface area contributed by atoms with E-state index in [1.165, 1.54) is 12.1 Å². The van der Waals surface area contributed by atoms with Gasteiger partial charge in [0.25, 0.3) is 11.8 Å². The fourth-order valence-corrected chi connectivity index (χ4v) is 3.85. The van der Waals surface area contributed by atoms with Gasteiger partial charge in [-0.1, -0.05) is 5.16 Å². The topological polar surface area (TPSA) is 86.3 Å². The fourth-order valence-electron chi connectivity index (χ4n) is 3.85. The van der Waals surface area contributed by atoms with Crippen LogP contribution in [0.2, 0.25) is 0 Å². The highest BCUT2D eigenvalue weighted by atomic mass is 19.1. The van der Waals surface area contributed by atoms with Crippen LogP contribution < -0.4 is 0 Å². The number of imidazole rings is 1. The van der Waals surface area contributed by atoms with Crippen molar-refractivity contribution in [2.75, 3.05) is 26.8 Å². The van der Waals surface area contributed by atoms with Crippen molar-refractivity contribution in [3.8, 4) is 11.5 Å². The number of rotatable bonds is 6. The van der Waals surface area contributed by atoms with E-state index in [1.807, 2.05) is 11.9 Å². The van der Waals surface area contributed by atoms with Gasteiger partial charge in [-0.3, -0.25) is 4.79 Å². The molecule has 1 amide bonds. The largest absolute Gasteiger partial charge is 0.385 e. The number of ether oxygens (including phenoxy) is 1. The zero-order valence-electron chi connectivity index (χ0n) is 17.0. The Kier molecular flexibility index (Phi) is 5.63. The molecule has 3 heterocycles. The first kappa shape index (κ1) is 20.2. The second-order valence-corrected chi connectivity index (χ2v) is 7.67. The van der Waals surface area contributed by atoms with E-state index < -0.39 is 0 Å². The number of nitrogens with zero attached hydrogens (tertiary/aromatic N) is 5. The molecular weight excluding hydrogens is 389 g/mol. The van der Waals surface area contributed by atoms with Crippen LogP contribution >= 0.6 is 0 Å². The van der Waals surface area contributed by atoms with Gasteiger partial charge in [0, 0.05) is 51.0 Å². The van der Waals surface area contributed by atoms with Gasteiger partial charge >= 0.3 is 0 Å². The molecule has 0 saturated carbocycles. The van der Waals surface area contributed by atoms with E-state index in [2.05, 4.69) is 15.1 Å². The van der Waals surface area contributed by atoms with Crippen molar-refractivity contribution in [3.05, 3.63) is 54.1 Å². The standard InChI is InChI=1S/C21H24FN5O3/c1-26-13-17(23-14-26)19(28)27-10-7-21(8-11-27,9-12-29-2)20-24-18(30-25-20)15-3-5-16(22)6-4-15/h3-6,13-14H,7-12H2,1-2H3. The summed E-state index contributed by atoms with van der Waals surface area (Å²) in [6.45, 7) is 1.69. The van der Waals surface area contributed by atoms with E-state index in [-0.39, 0.29) is 17.1 Å². The summed E-state index contributed by atoms with van der Waals surface area (Å²) >= 11 is 0. The van der Waals surface area contributed by atoms with Crippen molar-refractivity contribution in [2.24, 2.45) is 7.05 Å². The lowest BCUT2D eigenvalue weighted by Gasteiger charge is -2.39. The van der Waals surface area contributed by atoms with E-state index in [4.69, 9.17) is 9.26 Å². The van der Waals surface area contributed by atoms with Crippen molar-refractivity contribution >= 4 is 5.91 Å². The number of halogens is 1. The summed E-state index contributed by atoms with van der Waals surface area (Å²) in [6, 6.07) is 5.95. The third-order valence-corrected chi connectivity index (χ3v) is 5.71. The Bertz CT molecular complexity index is 1010. The Hall–Kier alpha value is -3.07. The highest BCUT2D eigenvalue weighted by Gasteiger charge is 2.41. The molecule has 4 rings (SSSR count). The molecular formula is C21H24FN5O3. The van der Waals surface area contributed by atoms with Crippen molar-refractivity contribution in [1.82, 2.24) is 24.6 Å². The SMILES string of the molecule is COCCC1(c2noc(-c3ccc(F)cc3)n2)CCN(C(=O)c2cn(C)cn2)CC1. The van der Waals surface area contributed by atoms with Crippen LogP contribution in [0, 0.1) is 5.82 Å². The number of methoxy groups -OCH3 is 1. The molecule has 30 heavy (non-hydrogen) atoms. The summed E-state index contributed by atoms with van der Waals surface area (Å²) < 4.78 is 25.8. The summed E-state index contributed by atoms with van der Waals surface area (Å²) in [5, 5.41) is 4.24. The zero-order chi connectivity index (χ0) is 21.1. The molecule has 1 fully saturated rings. The number of carbonyl (C=O) groups excluding carboxylic acids is 1. The quantitative estimate of drug-likeness (QED) is 0.618. The molecule has 158 valence electrons. The number of likely N-dealkylation sites (tertiary alicyclic amines) is 1. The summed E-state index contributed by atoms with van der Waals surface area (Å²) in [5.41, 5.74) is 0.762. The molecule has 0 radical (unpaired) electrons. The van der Waals surface area contributed by atoms with Crippen molar-refractivity contribution in [3.63, 3.8) is 0 Å². The number of hydrogen-bond acceptors (Lipinski definition) is 6. The second kappa shape index (κ2) is 8.35. The molecule has 1 aliphatic rings. The van der Waals surface area contributed by atoms with Crippen LogP contribution in [-0.4, -0.2) is 57.3 Å². The first-order valence-corrected chi connectivity index (χ1v) is 9.87. The first-order valence-electron chi connectivity index (χ1n) is 9.87. The smallest absolute Gasteiger partial charge is 0.274 e. The maximum absolute atomic E-state index is 13.2. The normalized spacial score (nSPS) is 16.0. The number of benzene rings is 1. The number of aryl methyl sites for hydroxylation is 1. The second-order valence-electron chi connectivity index (χ2n) is 7.67. The average Bonchev–Trinajstić information content (AvgIpc) is 3.43. The fraction of sp³-hybridized carbons (Fsp3) is 0.429. The molecule has 0 spiro atoms. The Balaban J connectivity index is 1.53. The number of hydrogen-bond donors (Lipinski definition) is 0. The summed E-state index contributed by atoms with van der Waals surface area (Å²) in [7, 11) is 3.50. The Morgan fingerprint density at radius 3 is 2.63 bits per heavy atom. The molecule has 0 unspecified atom stereocenters. The minimum atomic E-state index is -0.349. The van der Waals surface area contributed by atoms with E-state index in [1.54, 1.807) is 36.3 Å². The Morgan fingerprint density at radius 2 is 2.00 bits per heavy atom. The molecule has 8 nitrogen and oxygen atoms in total. The lowest BCUT2D eigenvalue weighted by Crippen LogP contribution is -2.46. The predicted molar refractivity (Wildman–Crippen MR) is 106 cm³/mol. The van der Waals surface area contributed by atoms with Crippen LogP contribution in [0.5, 0.6) is 0 Å². The molecule has 1 saturated heterocycles. The number of amides is 1. The van der Waals surface area contributed by atoms with Gasteiger partial charge in [0.05, 0.1) is 6.33 Å². The number of piperidine rings is 1. The van der Waals surface area contributed by atoms with Gasteiger partial charge in [0.1, 0.15) is 11.5 Å². The van der Waals surface area contributed by atoms with E-state index in [0.29, 0.717) is 55.5 Å². The minimum absolute atomic E-state index is 0.0731. The molecule has 0 N–H and O–H groups in total. The summed E-state index contributed by atoms with van der Waals surface area (Å²) in [6.07, 6.45) is 5.45. The number of aromatic nitrogens is 4. The molecule has 0 atom stereocenters. The summed E-state index contributed by atoms with van der Waals surface area (Å²) in [5.74, 6) is 0.564. The molecule has 3 aromatic rings. The van der Waals surface area contributed by atoms with Gasteiger partial charge < -0.3 is 18.7 Å². The highest BCUT2D eigenvalue weighted by molar-refractivity contribution is 5.92. The van der Waals surface area contributed by atoms with Crippen LogP contribution in [0.4, 0.5) is 4.39 Å². The lowest BCUT2D eigenvalue weighted by molar-refractivity contribution is 0.0611. The van der Waals surface area contributed by atoms with Gasteiger partial charge in [-0.2, -0.15) is 4.98 Å². The third-order valence-electron chi connectivity index (χ3n) is 5.71. The van der Waals surface area contributed by atoms with Gasteiger partial charge in [0.15, 0.2) is 5.82 Å². The third kappa shape index (κ3) is 3.97. The molecule has 1 aliphatic heterocycles. The lowest BCUT2D eigenvalue weighted by atomic mass is 9.75. The monoisotopic (exact) mass is 413 g/mol. The van der Waals surface area contributed by atoms with E-state index in [0.717, 1.165) is 6.42 Å². The predicted octanol–water partition coefficient (Wildman–Crippen LogP) is 2.82. The van der Waals surface area contributed by atoms with Crippen LogP contribution in [0.1, 0.15) is 35.6 Å². The van der Waals surface area contributed by atoms with Crippen LogP contribution in [0.3, 0.4) is 0 Å². The van der Waals surface area contributed by atoms with Crippen molar-refractivity contribution in [2.45, 2.75) is 24.7 Å². The molecule has 1 aromatic carbocycles. The average molecular weight is 413 g/mol. The van der Waals surface area contributed by atoms with Gasteiger partial charge in [-0.05, 0) is 43.5 Å².